The number of phosphoric ester groups is 1. The molecule has 2 aromatic heterocycles. The van der Waals surface area contributed by atoms with Crippen LogP contribution in [0.5, 0.6) is 11.5 Å². The molecule has 19 heteroatoms. The van der Waals surface area contributed by atoms with E-state index >= 15 is 0 Å². The molecule has 4 N–H and O–H groups in total. The summed E-state index contributed by atoms with van der Waals surface area (Å²) in [4.78, 5) is 33.6. The minimum atomic E-state index is -4.32. The quantitative estimate of drug-likeness (QED) is 0.147. The van der Waals surface area contributed by atoms with Crippen molar-refractivity contribution in [3.63, 3.8) is 0 Å². The van der Waals surface area contributed by atoms with Gasteiger partial charge in [0.05, 0.1) is 44.0 Å². The SMILES string of the molecule is COc1cc(CO[P@@]2(=O)OC[C@H]3O[C@@H](n4c(Br)nc5c(=O)[nH]c(N)nc54)[C@H](O)[C@@H]3O2)c([N+](=O)[O-])cc1OC. The number of rotatable bonds is 7. The first-order valence-electron chi connectivity index (χ1n) is 10.8. The van der Waals surface area contributed by atoms with Crippen LogP contribution in [0.1, 0.15) is 11.8 Å². The zero-order valence-electron chi connectivity index (χ0n) is 19.6. The number of aliphatic hydroxyl groups is 1. The summed E-state index contributed by atoms with van der Waals surface area (Å²) in [5, 5.41) is 22.6. The summed E-state index contributed by atoms with van der Waals surface area (Å²) in [5.41, 5.74) is 4.67. The van der Waals surface area contributed by atoms with Crippen molar-refractivity contribution in [3.8, 4) is 11.5 Å². The molecule has 1 aromatic carbocycles. The van der Waals surface area contributed by atoms with Gasteiger partial charge in [-0.3, -0.25) is 38.0 Å². The highest BCUT2D eigenvalue weighted by Crippen LogP contribution is 2.57. The van der Waals surface area contributed by atoms with Crippen molar-refractivity contribution in [3.05, 3.63) is 42.9 Å². The number of nitrogens with zero attached hydrogens (tertiary/aromatic N) is 4. The van der Waals surface area contributed by atoms with E-state index in [0.717, 1.165) is 6.07 Å². The molecule has 17 nitrogen and oxygen atoms in total. The number of ether oxygens (including phenoxy) is 3. The Bertz CT molecular complexity index is 1530. The van der Waals surface area contributed by atoms with Gasteiger partial charge in [-0.05, 0) is 22.0 Å². The second-order valence-electron chi connectivity index (χ2n) is 8.11. The fourth-order valence-electron chi connectivity index (χ4n) is 4.15. The maximum absolute atomic E-state index is 13.3. The third kappa shape index (κ3) is 4.53. The molecule has 0 spiro atoms. The van der Waals surface area contributed by atoms with Gasteiger partial charge in [-0.2, -0.15) is 4.98 Å². The Labute approximate surface area is 220 Å². The third-order valence-corrected chi connectivity index (χ3v) is 7.87. The average molecular weight is 619 g/mol. The number of anilines is 1. The minimum absolute atomic E-state index is 0.0148. The molecule has 2 fully saturated rings. The number of nitrogens with two attached hydrogens (primary N) is 1. The van der Waals surface area contributed by atoms with Crippen LogP contribution in [0, 0.1) is 10.1 Å². The van der Waals surface area contributed by atoms with Crippen molar-refractivity contribution < 1.29 is 42.4 Å². The zero-order valence-corrected chi connectivity index (χ0v) is 22.1. The molecule has 2 aliphatic rings. The summed E-state index contributed by atoms with van der Waals surface area (Å²) in [7, 11) is -1.64. The maximum atomic E-state index is 13.3. The molecule has 5 atom stereocenters. The highest BCUT2D eigenvalue weighted by molar-refractivity contribution is 9.10. The number of aromatic nitrogens is 4. The van der Waals surface area contributed by atoms with Gasteiger partial charge in [-0.25, -0.2) is 9.55 Å². The van der Waals surface area contributed by atoms with Crippen molar-refractivity contribution in [2.24, 2.45) is 0 Å². The molecule has 0 unspecified atom stereocenters. The van der Waals surface area contributed by atoms with Crippen molar-refractivity contribution in [2.45, 2.75) is 31.1 Å². The fourth-order valence-corrected chi connectivity index (χ4v) is 6.08. The highest BCUT2D eigenvalue weighted by atomic mass is 79.9. The summed E-state index contributed by atoms with van der Waals surface area (Å²) in [6, 6.07) is 2.45. The molecule has 2 aliphatic heterocycles. The summed E-state index contributed by atoms with van der Waals surface area (Å²) in [6.07, 6.45) is -4.70. The summed E-state index contributed by atoms with van der Waals surface area (Å²) in [5.74, 6) is 0.133. The number of methoxy groups -OCH3 is 2. The second kappa shape index (κ2) is 9.88. The number of aromatic amines is 1. The van der Waals surface area contributed by atoms with E-state index in [1.807, 2.05) is 0 Å². The monoisotopic (exact) mass is 618 g/mol. The number of phosphoric acid groups is 1. The lowest BCUT2D eigenvalue weighted by Crippen LogP contribution is -2.39. The van der Waals surface area contributed by atoms with Crippen LogP contribution in [0.2, 0.25) is 0 Å². The lowest BCUT2D eigenvalue weighted by atomic mass is 10.1. The van der Waals surface area contributed by atoms with Crippen LogP contribution >= 0.6 is 23.8 Å². The van der Waals surface area contributed by atoms with E-state index in [-0.39, 0.29) is 51.2 Å². The Hall–Kier alpha value is -3.12. The topological polar surface area (TPSA) is 225 Å². The summed E-state index contributed by atoms with van der Waals surface area (Å²) in [6.45, 7) is -0.848. The van der Waals surface area contributed by atoms with Crippen LogP contribution in [0.4, 0.5) is 11.6 Å². The number of fused-ring (bicyclic) bond motifs is 2. The number of aliphatic hydroxyl groups excluding tert-OH is 1. The number of benzene rings is 1. The number of nitro groups is 1. The van der Waals surface area contributed by atoms with Crippen LogP contribution in [-0.2, 0) is 29.5 Å². The molecule has 0 amide bonds. The van der Waals surface area contributed by atoms with E-state index in [1.165, 1.54) is 24.9 Å². The molecule has 0 saturated carbocycles. The van der Waals surface area contributed by atoms with Crippen LogP contribution in [0.25, 0.3) is 11.2 Å². The predicted octanol–water partition coefficient (Wildman–Crippen LogP) is 1.39. The van der Waals surface area contributed by atoms with E-state index in [1.54, 1.807) is 0 Å². The number of hydrogen-bond donors (Lipinski definition) is 3. The Kier molecular flexibility index (Phi) is 6.89. The van der Waals surface area contributed by atoms with Crippen molar-refractivity contribution in [2.75, 3.05) is 26.6 Å². The molecule has 38 heavy (non-hydrogen) atoms. The van der Waals surface area contributed by atoms with Gasteiger partial charge in [0.25, 0.3) is 11.2 Å². The van der Waals surface area contributed by atoms with Crippen molar-refractivity contribution in [1.82, 2.24) is 19.5 Å². The average Bonchev–Trinajstić information content (AvgIpc) is 3.37. The van der Waals surface area contributed by atoms with Gasteiger partial charge < -0.3 is 25.1 Å². The van der Waals surface area contributed by atoms with Crippen LogP contribution in [-0.4, -0.2) is 68.7 Å². The largest absolute Gasteiger partial charge is 0.493 e. The van der Waals surface area contributed by atoms with Gasteiger partial charge in [0.2, 0.25) is 5.95 Å². The molecule has 0 aliphatic carbocycles. The molecular weight excluding hydrogens is 599 g/mol. The van der Waals surface area contributed by atoms with Gasteiger partial charge in [0.1, 0.15) is 18.3 Å². The van der Waals surface area contributed by atoms with Crippen molar-refractivity contribution >= 4 is 46.6 Å². The maximum Gasteiger partial charge on any atom is 0.475 e. The molecule has 0 bridgehead atoms. The van der Waals surface area contributed by atoms with Gasteiger partial charge >= 0.3 is 7.82 Å². The number of hydrogen-bond acceptors (Lipinski definition) is 14. The van der Waals surface area contributed by atoms with Crippen LogP contribution < -0.4 is 20.8 Å². The standard InChI is InChI=1S/C19H20BrN6O11P/c1-32-9-3-7(8(26(29)30)4-10(9)33-2)5-34-38(31)35-6-11-14(37-38)13(27)17(36-11)25-15-12(22-18(25)20)16(28)24-19(21)23-15/h3-4,11,13-14,17,27H,5-6H2,1-2H3,(H3,21,23,24,28)/t11-,13-,14-,17-,38+/m1/s1. The Morgan fingerprint density at radius 3 is 2.74 bits per heavy atom. The molecule has 0 radical (unpaired) electrons. The normalized spacial score (nSPS) is 26.8. The third-order valence-electron chi connectivity index (χ3n) is 5.90. The van der Waals surface area contributed by atoms with E-state index in [2.05, 4.69) is 30.9 Å². The summed E-state index contributed by atoms with van der Waals surface area (Å²) < 4.78 is 47.0. The number of H-pyrrole nitrogens is 1. The Morgan fingerprint density at radius 2 is 2.05 bits per heavy atom. The number of nitrogen functional groups attached to an aromatic ring is 1. The highest BCUT2D eigenvalue weighted by Gasteiger charge is 2.54. The first-order valence-corrected chi connectivity index (χ1v) is 13.0. The van der Waals surface area contributed by atoms with Crippen molar-refractivity contribution in [1.29, 1.82) is 0 Å². The Morgan fingerprint density at radius 1 is 1.34 bits per heavy atom. The van der Waals surface area contributed by atoms with Gasteiger partial charge in [0.15, 0.2) is 33.6 Å². The molecule has 2 saturated heterocycles. The zero-order chi connectivity index (χ0) is 27.4. The van der Waals surface area contributed by atoms with Gasteiger partial charge in [0, 0.05) is 0 Å². The first kappa shape index (κ1) is 26.5. The lowest BCUT2D eigenvalue weighted by Gasteiger charge is -2.30. The summed E-state index contributed by atoms with van der Waals surface area (Å²) >= 11 is 3.22. The molecule has 204 valence electrons. The second-order valence-corrected chi connectivity index (χ2v) is 10.4. The Balaban J connectivity index is 1.37. The molecular formula is C19H20BrN6O11P. The van der Waals surface area contributed by atoms with Crippen LogP contribution in [0.15, 0.2) is 21.7 Å². The number of nitrogens with one attached hydrogen (secondary N) is 1. The van der Waals surface area contributed by atoms with Gasteiger partial charge in [-0.1, -0.05) is 0 Å². The lowest BCUT2D eigenvalue weighted by molar-refractivity contribution is -0.385. The van der Waals surface area contributed by atoms with Crippen LogP contribution in [0.3, 0.4) is 0 Å². The number of nitro benzene ring substituents is 1. The molecule has 5 rings (SSSR count). The molecule has 3 aromatic rings. The molecule has 4 heterocycles. The number of imidazole rings is 1. The van der Waals surface area contributed by atoms with E-state index in [4.69, 9.17) is 33.5 Å². The smallest absolute Gasteiger partial charge is 0.475 e. The van der Waals surface area contributed by atoms with Gasteiger partial charge in [-0.15, -0.1) is 0 Å². The number of halogens is 1. The van der Waals surface area contributed by atoms with E-state index < -0.39 is 49.5 Å². The fraction of sp³-hybridized carbons (Fsp3) is 0.421. The van der Waals surface area contributed by atoms with E-state index in [0.29, 0.717) is 0 Å². The first-order chi connectivity index (χ1) is 18.0. The minimum Gasteiger partial charge on any atom is -0.493 e. The predicted molar refractivity (Wildman–Crippen MR) is 130 cm³/mol. The van der Waals surface area contributed by atoms with E-state index in [9.17, 15) is 24.6 Å².